The Kier molecular flexibility index (Phi) is 3.15. The number of aromatic nitrogens is 1. The van der Waals surface area contributed by atoms with Gasteiger partial charge in [0.1, 0.15) is 18.2 Å². The number of ether oxygens (including phenoxy) is 1. The van der Waals surface area contributed by atoms with Crippen LogP contribution in [0.5, 0.6) is 5.75 Å². The van der Waals surface area contributed by atoms with Crippen molar-refractivity contribution in [3.8, 4) is 5.75 Å². The summed E-state index contributed by atoms with van der Waals surface area (Å²) in [5.74, 6) is -0.232. The number of Topliss-reactive ketones (excluding diaryl/α,β-unsaturated/α-hetero) is 1. The quantitative estimate of drug-likeness (QED) is 0.637. The van der Waals surface area contributed by atoms with Crippen LogP contribution in [0.25, 0.3) is 16.8 Å². The summed E-state index contributed by atoms with van der Waals surface area (Å²) in [7, 11) is 0. The van der Waals surface area contributed by atoms with E-state index in [1.165, 1.54) is 18.2 Å². The van der Waals surface area contributed by atoms with Crippen molar-refractivity contribution in [3.05, 3.63) is 77.4 Å². The number of rotatable bonds is 1. The summed E-state index contributed by atoms with van der Waals surface area (Å²) in [6.07, 6.45) is 5.35. The molecule has 2 aromatic carbocycles. The molecule has 3 nitrogen and oxygen atoms in total. The van der Waals surface area contributed by atoms with Gasteiger partial charge in [0.25, 0.3) is 0 Å². The Morgan fingerprint density at radius 3 is 2.91 bits per heavy atom. The maximum absolute atomic E-state index is 13.2. The molecular formula is C19H12FNO2. The van der Waals surface area contributed by atoms with Gasteiger partial charge < -0.3 is 4.74 Å². The van der Waals surface area contributed by atoms with Crippen LogP contribution in [0.15, 0.2) is 60.4 Å². The van der Waals surface area contributed by atoms with Crippen LogP contribution in [-0.2, 0) is 0 Å². The minimum Gasteiger partial charge on any atom is -0.488 e. The molecule has 4 heteroatoms. The number of carbonyl (C=O) groups excluding carboxylic acids is 1. The van der Waals surface area contributed by atoms with Crippen molar-refractivity contribution in [3.63, 3.8) is 0 Å². The van der Waals surface area contributed by atoms with Crippen molar-refractivity contribution in [2.45, 2.75) is 0 Å². The van der Waals surface area contributed by atoms with E-state index in [0.29, 0.717) is 16.9 Å². The molecule has 0 atom stereocenters. The number of fused-ring (bicyclic) bond motifs is 2. The van der Waals surface area contributed by atoms with Crippen LogP contribution in [0.4, 0.5) is 4.39 Å². The van der Waals surface area contributed by atoms with E-state index in [2.05, 4.69) is 4.98 Å². The van der Waals surface area contributed by atoms with Crippen molar-refractivity contribution < 1.29 is 13.9 Å². The molecule has 0 spiro atoms. The maximum atomic E-state index is 13.2. The van der Waals surface area contributed by atoms with E-state index < -0.39 is 5.82 Å². The molecular weight excluding hydrogens is 293 g/mol. The van der Waals surface area contributed by atoms with E-state index >= 15 is 0 Å². The van der Waals surface area contributed by atoms with Crippen molar-refractivity contribution >= 4 is 22.6 Å². The van der Waals surface area contributed by atoms with Gasteiger partial charge in [-0.15, -0.1) is 0 Å². The standard InChI is InChI=1S/C19H12FNO2/c20-16-3-4-17-18(9-16)23-11-15(19(17)22)8-12-1-2-14-10-21-6-5-13(14)7-12/h1-10H,11H2/b15-8+. The highest BCUT2D eigenvalue weighted by molar-refractivity contribution is 6.14. The molecule has 0 radical (unpaired) electrons. The normalized spacial score (nSPS) is 15.5. The molecule has 3 aromatic rings. The molecule has 0 amide bonds. The van der Waals surface area contributed by atoms with Gasteiger partial charge in [-0.25, -0.2) is 4.39 Å². The lowest BCUT2D eigenvalue weighted by Crippen LogP contribution is -2.19. The Morgan fingerprint density at radius 2 is 2.00 bits per heavy atom. The summed E-state index contributed by atoms with van der Waals surface area (Å²) >= 11 is 0. The van der Waals surface area contributed by atoms with E-state index in [9.17, 15) is 9.18 Å². The average molecular weight is 305 g/mol. The fourth-order valence-electron chi connectivity index (χ4n) is 2.70. The molecule has 0 saturated heterocycles. The summed E-state index contributed by atoms with van der Waals surface area (Å²) < 4.78 is 18.7. The van der Waals surface area contributed by atoms with Gasteiger partial charge in [0.15, 0.2) is 5.78 Å². The molecule has 112 valence electrons. The van der Waals surface area contributed by atoms with E-state index in [1.54, 1.807) is 12.4 Å². The van der Waals surface area contributed by atoms with Crippen molar-refractivity contribution in [1.82, 2.24) is 4.98 Å². The fraction of sp³-hybridized carbons (Fsp3) is 0.0526. The molecule has 0 aliphatic carbocycles. The molecule has 0 saturated carbocycles. The second kappa shape index (κ2) is 5.32. The van der Waals surface area contributed by atoms with E-state index in [-0.39, 0.29) is 12.4 Å². The zero-order valence-electron chi connectivity index (χ0n) is 12.1. The van der Waals surface area contributed by atoms with Gasteiger partial charge >= 0.3 is 0 Å². The molecule has 0 bridgehead atoms. The lowest BCUT2D eigenvalue weighted by Gasteiger charge is -2.18. The van der Waals surface area contributed by atoms with Crippen molar-refractivity contribution in [2.24, 2.45) is 0 Å². The van der Waals surface area contributed by atoms with Gasteiger partial charge in [-0.1, -0.05) is 12.1 Å². The first kappa shape index (κ1) is 13.6. The van der Waals surface area contributed by atoms with E-state index in [1.807, 2.05) is 30.3 Å². The predicted octanol–water partition coefficient (Wildman–Crippen LogP) is 4.03. The SMILES string of the molecule is O=C1/C(=C/c2ccc3cnccc3c2)COc2cc(F)ccc21. The summed E-state index contributed by atoms with van der Waals surface area (Å²) in [5.41, 5.74) is 1.87. The Labute approximate surface area is 132 Å². The highest BCUT2D eigenvalue weighted by Crippen LogP contribution is 2.29. The smallest absolute Gasteiger partial charge is 0.196 e. The van der Waals surface area contributed by atoms with Gasteiger partial charge in [0.2, 0.25) is 0 Å². The lowest BCUT2D eigenvalue weighted by molar-refractivity contribution is 0.100. The van der Waals surface area contributed by atoms with Gasteiger partial charge in [0.05, 0.1) is 5.56 Å². The van der Waals surface area contributed by atoms with Crippen LogP contribution >= 0.6 is 0 Å². The highest BCUT2D eigenvalue weighted by atomic mass is 19.1. The Hall–Kier alpha value is -3.01. The molecule has 23 heavy (non-hydrogen) atoms. The lowest BCUT2D eigenvalue weighted by atomic mass is 9.98. The first-order valence-electron chi connectivity index (χ1n) is 7.22. The summed E-state index contributed by atoms with van der Waals surface area (Å²) in [5, 5.41) is 2.10. The molecule has 4 rings (SSSR count). The zero-order chi connectivity index (χ0) is 15.8. The topological polar surface area (TPSA) is 39.2 Å². The first-order valence-corrected chi connectivity index (χ1v) is 7.22. The van der Waals surface area contributed by atoms with Crippen LogP contribution in [0.1, 0.15) is 15.9 Å². The summed E-state index contributed by atoms with van der Waals surface area (Å²) in [6, 6.07) is 11.8. The van der Waals surface area contributed by atoms with E-state index in [0.717, 1.165) is 16.3 Å². The zero-order valence-corrected chi connectivity index (χ0v) is 12.1. The second-order valence-corrected chi connectivity index (χ2v) is 5.41. The Balaban J connectivity index is 1.73. The molecule has 1 aliphatic heterocycles. The third-order valence-corrected chi connectivity index (χ3v) is 3.87. The molecule has 0 fully saturated rings. The summed E-state index contributed by atoms with van der Waals surface area (Å²) in [4.78, 5) is 16.6. The van der Waals surface area contributed by atoms with Crippen LogP contribution in [0, 0.1) is 5.82 Å². The number of hydrogen-bond acceptors (Lipinski definition) is 3. The molecule has 1 aromatic heterocycles. The fourth-order valence-corrected chi connectivity index (χ4v) is 2.70. The molecule has 0 N–H and O–H groups in total. The first-order chi connectivity index (χ1) is 11.2. The minimum atomic E-state index is -0.410. The monoisotopic (exact) mass is 305 g/mol. The Morgan fingerprint density at radius 1 is 1.09 bits per heavy atom. The van der Waals surface area contributed by atoms with Crippen LogP contribution in [0.3, 0.4) is 0 Å². The third kappa shape index (κ3) is 2.48. The van der Waals surface area contributed by atoms with Gasteiger partial charge in [0, 0.05) is 29.4 Å². The highest BCUT2D eigenvalue weighted by Gasteiger charge is 2.23. The second-order valence-electron chi connectivity index (χ2n) is 5.41. The van der Waals surface area contributed by atoms with Crippen molar-refractivity contribution in [1.29, 1.82) is 0 Å². The Bertz CT molecular complexity index is 962. The number of benzene rings is 2. The minimum absolute atomic E-state index is 0.124. The number of ketones is 1. The number of halogens is 1. The molecule has 0 unspecified atom stereocenters. The van der Waals surface area contributed by atoms with Crippen LogP contribution in [-0.4, -0.2) is 17.4 Å². The molecule has 1 aliphatic rings. The van der Waals surface area contributed by atoms with Gasteiger partial charge in [-0.2, -0.15) is 0 Å². The van der Waals surface area contributed by atoms with E-state index in [4.69, 9.17) is 4.74 Å². The number of hydrogen-bond donors (Lipinski definition) is 0. The maximum Gasteiger partial charge on any atom is 0.196 e. The van der Waals surface area contributed by atoms with Crippen LogP contribution in [0.2, 0.25) is 0 Å². The molecule has 2 heterocycles. The average Bonchev–Trinajstić information content (AvgIpc) is 2.57. The van der Waals surface area contributed by atoms with Gasteiger partial charge in [-0.05, 0) is 41.3 Å². The number of carbonyl (C=O) groups is 1. The van der Waals surface area contributed by atoms with Gasteiger partial charge in [-0.3, -0.25) is 9.78 Å². The van der Waals surface area contributed by atoms with Crippen molar-refractivity contribution in [2.75, 3.05) is 6.61 Å². The van der Waals surface area contributed by atoms with Crippen LogP contribution < -0.4 is 4.74 Å². The number of pyridine rings is 1. The number of nitrogens with zero attached hydrogens (tertiary/aromatic N) is 1. The summed E-state index contributed by atoms with van der Waals surface area (Å²) in [6.45, 7) is 0.143. The third-order valence-electron chi connectivity index (χ3n) is 3.87. The predicted molar refractivity (Wildman–Crippen MR) is 85.9 cm³/mol. The largest absolute Gasteiger partial charge is 0.488 e.